The van der Waals surface area contributed by atoms with Gasteiger partial charge in [0.1, 0.15) is 35.2 Å². The van der Waals surface area contributed by atoms with Crippen molar-refractivity contribution < 1.29 is 51.2 Å². The molecule has 0 radical (unpaired) electrons. The molecule has 1 fully saturated rings. The van der Waals surface area contributed by atoms with Gasteiger partial charge >= 0.3 is 12.4 Å². The van der Waals surface area contributed by atoms with Crippen LogP contribution in [0.15, 0.2) is 64.3 Å². The molecule has 0 amide bonds. The van der Waals surface area contributed by atoms with E-state index >= 15 is 0 Å². The highest BCUT2D eigenvalue weighted by atomic mass is 32.5. The lowest BCUT2D eigenvalue weighted by Gasteiger charge is -2.33. The number of methoxy groups -OCH3 is 2. The highest BCUT2D eigenvalue weighted by Gasteiger charge is 2.61. The number of benzene rings is 2. The second-order valence-corrected chi connectivity index (χ2v) is 11.5. The van der Waals surface area contributed by atoms with Crippen LogP contribution in [0.1, 0.15) is 6.23 Å². The average Bonchev–Trinajstić information content (AvgIpc) is 3.21. The Kier molecular flexibility index (Phi) is 9.11. The van der Waals surface area contributed by atoms with Crippen molar-refractivity contribution in [2.75, 3.05) is 20.8 Å². The quantitative estimate of drug-likeness (QED) is 0.271. The van der Waals surface area contributed by atoms with Gasteiger partial charge in [-0.05, 0) is 48.5 Å². The Morgan fingerprint density at radius 3 is 1.95 bits per heavy atom. The summed E-state index contributed by atoms with van der Waals surface area (Å²) >= 11 is 5.50. The minimum Gasteiger partial charge on any atom is -0.497 e. The maximum absolute atomic E-state index is 14.5. The van der Waals surface area contributed by atoms with E-state index in [2.05, 4.69) is 0 Å². The lowest BCUT2D eigenvalue weighted by molar-refractivity contribution is -0.192. The number of hydrogen-bond donors (Lipinski definition) is 3. The van der Waals surface area contributed by atoms with Crippen molar-refractivity contribution in [3.63, 3.8) is 0 Å². The summed E-state index contributed by atoms with van der Waals surface area (Å²) in [5.41, 5.74) is -5.66. The predicted molar refractivity (Wildman–Crippen MR) is 140 cm³/mol. The van der Waals surface area contributed by atoms with E-state index in [1.165, 1.54) is 62.8 Å². The Morgan fingerprint density at radius 2 is 1.49 bits per heavy atom. The van der Waals surface area contributed by atoms with Crippen LogP contribution in [-0.2, 0) is 21.1 Å². The Hall–Kier alpha value is -3.40. The number of aromatic nitrogens is 2. The highest BCUT2D eigenvalue weighted by molar-refractivity contribution is 8.07. The number of aliphatic hydroxyl groups is 2. The van der Waals surface area contributed by atoms with Crippen LogP contribution < -0.4 is 29.8 Å². The summed E-state index contributed by atoms with van der Waals surface area (Å²) in [5.74, 6) is -0.256. The normalized spacial score (nSPS) is 22.5. The topological polar surface area (TPSA) is 151 Å². The molecule has 1 aliphatic rings. The van der Waals surface area contributed by atoms with Gasteiger partial charge in [-0.1, -0.05) is 0 Å². The van der Waals surface area contributed by atoms with Crippen LogP contribution in [0.3, 0.4) is 0 Å². The average molecular weight is 620 g/mol. The molecular formula is C24H24F3N2O10PS. The number of halogens is 3. The third-order valence-electron chi connectivity index (χ3n) is 6.03. The molecule has 0 unspecified atom stereocenters. The lowest BCUT2D eigenvalue weighted by Crippen LogP contribution is -2.52. The largest absolute Gasteiger partial charge is 0.497 e. The summed E-state index contributed by atoms with van der Waals surface area (Å²) < 4.78 is 75.9. The molecule has 1 aliphatic heterocycles. The fourth-order valence-corrected chi connectivity index (χ4v) is 5.76. The van der Waals surface area contributed by atoms with Crippen LogP contribution in [-0.4, -0.2) is 64.8 Å². The predicted octanol–water partition coefficient (Wildman–Crippen LogP) is 2.35. The van der Waals surface area contributed by atoms with Gasteiger partial charge < -0.3 is 33.5 Å². The molecule has 1 saturated heterocycles. The van der Waals surface area contributed by atoms with Crippen LogP contribution in [0.25, 0.3) is 0 Å². The van der Waals surface area contributed by atoms with Crippen molar-refractivity contribution in [2.45, 2.75) is 30.5 Å². The minimum absolute atomic E-state index is 0.120. The van der Waals surface area contributed by atoms with E-state index in [9.17, 15) is 33.0 Å². The maximum Gasteiger partial charge on any atom is 0.435 e. The van der Waals surface area contributed by atoms with Gasteiger partial charge in [-0.2, -0.15) is 4.39 Å². The van der Waals surface area contributed by atoms with Gasteiger partial charge in [0.25, 0.3) is 12.0 Å². The minimum atomic E-state index is -4.04. The van der Waals surface area contributed by atoms with E-state index in [1.807, 2.05) is 0 Å². The molecule has 1 aromatic heterocycles. The zero-order valence-electron chi connectivity index (χ0n) is 21.3. The Labute approximate surface area is 235 Å². The molecule has 17 heteroatoms. The highest BCUT2D eigenvalue weighted by Crippen LogP contribution is 2.52. The fraction of sp³-hybridized carbons (Fsp3) is 0.333. The summed E-state index contributed by atoms with van der Waals surface area (Å²) in [5, 5.41) is 21.2. The van der Waals surface area contributed by atoms with E-state index in [4.69, 9.17) is 39.6 Å². The SMILES string of the molecule is COc1ccc(OP(=S)(OC[C@@]2(C(F)F)O[C@@H](n3cc(F)c(=O)[nH]c3=O)[C@H](O)[C@H]2O)Oc2ccc(OC)cc2)cc1. The van der Waals surface area contributed by atoms with E-state index in [1.54, 1.807) is 4.98 Å². The van der Waals surface area contributed by atoms with Crippen molar-refractivity contribution in [2.24, 2.45) is 0 Å². The van der Waals surface area contributed by atoms with Crippen molar-refractivity contribution in [3.05, 3.63) is 81.4 Å². The van der Waals surface area contributed by atoms with Gasteiger partial charge in [0, 0.05) is 11.8 Å². The molecule has 0 spiro atoms. The van der Waals surface area contributed by atoms with Crippen molar-refractivity contribution in [3.8, 4) is 23.0 Å². The van der Waals surface area contributed by atoms with Crippen LogP contribution >= 0.6 is 6.72 Å². The van der Waals surface area contributed by atoms with Gasteiger partial charge in [-0.3, -0.25) is 18.9 Å². The number of ether oxygens (including phenoxy) is 3. The molecule has 3 aromatic rings. The number of aromatic amines is 1. The Bertz CT molecular complexity index is 1470. The van der Waals surface area contributed by atoms with Crippen LogP contribution in [0.2, 0.25) is 0 Å². The molecule has 222 valence electrons. The molecule has 0 bridgehead atoms. The number of aliphatic hydroxyl groups excluding tert-OH is 2. The molecular weight excluding hydrogens is 596 g/mol. The first-order chi connectivity index (χ1) is 19.4. The molecule has 2 heterocycles. The molecule has 41 heavy (non-hydrogen) atoms. The number of alkyl halides is 2. The van der Waals surface area contributed by atoms with E-state index in [0.29, 0.717) is 22.3 Å². The summed E-state index contributed by atoms with van der Waals surface area (Å²) in [6.07, 6.45) is -9.78. The van der Waals surface area contributed by atoms with E-state index in [-0.39, 0.29) is 11.5 Å². The van der Waals surface area contributed by atoms with Crippen molar-refractivity contribution in [1.82, 2.24) is 9.55 Å². The first-order valence-electron chi connectivity index (χ1n) is 11.7. The van der Waals surface area contributed by atoms with Gasteiger partial charge in [0.2, 0.25) is 5.82 Å². The zero-order chi connectivity index (χ0) is 29.9. The van der Waals surface area contributed by atoms with Gasteiger partial charge in [-0.25, -0.2) is 13.6 Å². The maximum atomic E-state index is 14.5. The monoisotopic (exact) mass is 620 g/mol. The fourth-order valence-electron chi connectivity index (χ4n) is 3.83. The number of hydrogen-bond acceptors (Lipinski definition) is 11. The second kappa shape index (κ2) is 12.2. The second-order valence-electron chi connectivity index (χ2n) is 8.60. The van der Waals surface area contributed by atoms with Crippen molar-refractivity contribution >= 4 is 18.5 Å². The molecule has 12 nitrogen and oxygen atoms in total. The smallest absolute Gasteiger partial charge is 0.435 e. The zero-order valence-corrected chi connectivity index (χ0v) is 23.0. The molecule has 4 rings (SSSR count). The molecule has 0 aliphatic carbocycles. The van der Waals surface area contributed by atoms with Crippen molar-refractivity contribution in [1.29, 1.82) is 0 Å². The molecule has 2 aromatic carbocycles. The molecule has 0 saturated carbocycles. The molecule has 4 atom stereocenters. The van der Waals surface area contributed by atoms with Crippen LogP contribution in [0, 0.1) is 5.82 Å². The Balaban J connectivity index is 1.65. The number of rotatable bonds is 11. The number of H-pyrrole nitrogens is 1. The van der Waals surface area contributed by atoms with Gasteiger partial charge in [0.15, 0.2) is 11.8 Å². The standard InChI is InChI=1S/C24H24F3N2O10PS/c1-34-13-3-7-15(8-4-13)38-40(41,39-16-9-5-14(35-2)6-10-16)36-12-24(22(26)27)19(31)18(30)21(37-24)29-11-17(25)20(32)28-23(29)33/h3-11,18-19,21-22,30-31H,12H2,1-2H3,(H,28,32,33)/t18-,19-,21-,24-/m1/s1. The summed E-state index contributed by atoms with van der Waals surface area (Å²) in [6.45, 7) is -5.24. The van der Waals surface area contributed by atoms with E-state index in [0.717, 1.165) is 0 Å². The summed E-state index contributed by atoms with van der Waals surface area (Å²) in [4.78, 5) is 25.2. The third kappa shape index (κ3) is 6.42. The van der Waals surface area contributed by atoms with Crippen LogP contribution in [0.5, 0.6) is 23.0 Å². The van der Waals surface area contributed by atoms with Gasteiger partial charge in [-0.15, -0.1) is 0 Å². The lowest BCUT2D eigenvalue weighted by atomic mass is 9.96. The number of nitrogens with one attached hydrogen (secondary N) is 1. The summed E-state index contributed by atoms with van der Waals surface area (Å²) in [6, 6.07) is 12.0. The summed E-state index contributed by atoms with van der Waals surface area (Å²) in [7, 11) is 2.90. The third-order valence-corrected chi connectivity index (χ3v) is 8.10. The van der Waals surface area contributed by atoms with Gasteiger partial charge in [0.05, 0.1) is 27.0 Å². The van der Waals surface area contributed by atoms with E-state index < -0.39 is 60.9 Å². The molecule has 3 N–H and O–H groups in total. The number of nitrogens with zero attached hydrogens (tertiary/aromatic N) is 1. The van der Waals surface area contributed by atoms with Crippen LogP contribution in [0.4, 0.5) is 13.2 Å². The Morgan fingerprint density at radius 1 is 1.00 bits per heavy atom. The first kappa shape index (κ1) is 30.6. The first-order valence-corrected chi connectivity index (χ1v) is 14.2.